The second kappa shape index (κ2) is 21.5. The van der Waals surface area contributed by atoms with Crippen LogP contribution < -0.4 is 5.73 Å². The number of likely N-dealkylation sites (tertiary alicyclic amines) is 1. The van der Waals surface area contributed by atoms with Gasteiger partial charge in [-0.05, 0) is 73.7 Å². The van der Waals surface area contributed by atoms with Crippen LogP contribution in [0.2, 0.25) is 0 Å². The lowest BCUT2D eigenvalue weighted by atomic mass is 9.74. The molecule has 0 aromatic heterocycles. The number of nitrogens with two attached hydrogens (primary N) is 1. The number of amides is 2. The number of amidine groups is 1. The SMILES string of the molecule is CC(C)[C@H]1C(=O)N2C(C(=O)OC(=O)c3ccc([N+](=O)[O-])cc3)=C(CN(C)CCSC(=N)N)[C@H](C)[C@H]12.CC(C)[C@H]1C(=O)N2C(C(=O)OC(=O)c3ccc([N+](=O)[O-])cc3)=C(CN3CCC[C@H]3CO)[C@H](C)[C@H]12. The van der Waals surface area contributed by atoms with Gasteiger partial charge in [-0.15, -0.1) is 0 Å². The van der Waals surface area contributed by atoms with Crippen LogP contribution in [0.4, 0.5) is 11.4 Å². The van der Waals surface area contributed by atoms with E-state index in [4.69, 9.17) is 20.6 Å². The molecule has 5 aliphatic heterocycles. The Bertz CT molecular complexity index is 2480. The molecule has 22 heteroatoms. The Hall–Kier alpha value is -6.36. The van der Waals surface area contributed by atoms with Gasteiger partial charge in [0.25, 0.3) is 11.4 Å². The Morgan fingerprint density at radius 1 is 0.797 bits per heavy atom. The number of carbonyl (C=O) groups is 6. The lowest BCUT2D eigenvalue weighted by molar-refractivity contribution is -0.385. The molecule has 0 spiro atoms. The Morgan fingerprint density at radius 2 is 1.23 bits per heavy atom. The summed E-state index contributed by atoms with van der Waals surface area (Å²) in [6, 6.07) is 9.14. The van der Waals surface area contributed by atoms with Crippen molar-refractivity contribution in [1.29, 1.82) is 5.41 Å². The highest BCUT2D eigenvalue weighted by Crippen LogP contribution is 2.50. The van der Waals surface area contributed by atoms with Crippen molar-refractivity contribution in [2.24, 2.45) is 41.2 Å². The third kappa shape index (κ3) is 10.6. The molecule has 0 saturated carbocycles. The normalized spacial score (nSPS) is 23.9. The molecular weight excluding hydrogens is 917 g/mol. The van der Waals surface area contributed by atoms with E-state index in [-0.39, 0.29) is 111 Å². The number of nitrogens with one attached hydrogen (secondary N) is 1. The van der Waals surface area contributed by atoms with Crippen LogP contribution in [0.15, 0.2) is 71.1 Å². The van der Waals surface area contributed by atoms with Crippen LogP contribution in [0.25, 0.3) is 0 Å². The lowest BCUT2D eigenvalue weighted by Crippen LogP contribution is -2.62. The van der Waals surface area contributed by atoms with E-state index in [1.54, 1.807) is 0 Å². The molecule has 7 atom stereocenters. The van der Waals surface area contributed by atoms with Gasteiger partial charge >= 0.3 is 23.9 Å². The highest BCUT2D eigenvalue weighted by atomic mass is 32.2. The maximum Gasteiger partial charge on any atom is 0.362 e. The molecule has 0 unspecified atom stereocenters. The van der Waals surface area contributed by atoms with Crippen molar-refractivity contribution in [3.8, 4) is 0 Å². The number of ether oxygens (including phenoxy) is 2. The molecule has 2 amide bonds. The average molecular weight is 975 g/mol. The number of carbonyl (C=O) groups excluding carboxylic acids is 6. The number of esters is 4. The largest absolute Gasteiger partial charge is 0.395 e. The Labute approximate surface area is 402 Å². The van der Waals surface area contributed by atoms with Crippen molar-refractivity contribution in [2.45, 2.75) is 72.5 Å². The third-order valence-electron chi connectivity index (χ3n) is 13.7. The van der Waals surface area contributed by atoms with Crippen LogP contribution in [0.3, 0.4) is 0 Å². The summed E-state index contributed by atoms with van der Waals surface area (Å²) in [6.45, 7) is 14.0. The fourth-order valence-corrected chi connectivity index (χ4v) is 10.7. The predicted molar refractivity (Wildman–Crippen MR) is 251 cm³/mol. The predicted octanol–water partition coefficient (Wildman–Crippen LogP) is 4.35. The van der Waals surface area contributed by atoms with Crippen LogP contribution in [-0.2, 0) is 28.7 Å². The molecule has 0 aliphatic carbocycles. The number of hydrogen-bond acceptors (Lipinski definition) is 17. The summed E-state index contributed by atoms with van der Waals surface area (Å²) in [6.07, 6.45) is 1.79. The van der Waals surface area contributed by atoms with Crippen LogP contribution in [0, 0.1) is 61.1 Å². The first-order chi connectivity index (χ1) is 32.6. The minimum atomic E-state index is -0.951. The molecular formula is C47H58N8O13S. The molecule has 370 valence electrons. The Balaban J connectivity index is 0.000000227. The minimum absolute atomic E-state index is 0.00132. The Morgan fingerprint density at radius 3 is 1.64 bits per heavy atom. The number of nitrogens with zero attached hydrogens (tertiary/aromatic N) is 6. The Kier molecular flexibility index (Phi) is 16.2. The second-order valence-electron chi connectivity index (χ2n) is 18.6. The number of aliphatic hydroxyl groups is 1. The van der Waals surface area contributed by atoms with Gasteiger partial charge in [-0.2, -0.15) is 0 Å². The number of β-lactam (4-membered cyclic amide) rings is 2. The zero-order chi connectivity index (χ0) is 50.8. The van der Waals surface area contributed by atoms with E-state index in [9.17, 15) is 54.1 Å². The van der Waals surface area contributed by atoms with E-state index in [1.165, 1.54) is 45.8 Å². The number of fused-ring (bicyclic) bond motifs is 2. The first kappa shape index (κ1) is 52.0. The van der Waals surface area contributed by atoms with E-state index in [0.29, 0.717) is 31.0 Å². The molecule has 3 fully saturated rings. The summed E-state index contributed by atoms with van der Waals surface area (Å²) in [5.74, 6) is -3.90. The minimum Gasteiger partial charge on any atom is -0.395 e. The van der Waals surface area contributed by atoms with Crippen LogP contribution >= 0.6 is 11.8 Å². The van der Waals surface area contributed by atoms with E-state index in [1.807, 2.05) is 53.5 Å². The third-order valence-corrected chi connectivity index (χ3v) is 14.4. The van der Waals surface area contributed by atoms with Gasteiger partial charge in [0.1, 0.15) is 11.4 Å². The first-order valence-corrected chi connectivity index (χ1v) is 23.7. The zero-order valence-corrected chi connectivity index (χ0v) is 40.3. The van der Waals surface area contributed by atoms with Gasteiger partial charge < -0.3 is 35.0 Å². The molecule has 2 aromatic carbocycles. The summed E-state index contributed by atoms with van der Waals surface area (Å²) in [7, 11) is 1.86. The molecule has 7 rings (SSSR count). The van der Waals surface area contributed by atoms with E-state index in [0.717, 1.165) is 49.2 Å². The number of nitro groups is 2. The van der Waals surface area contributed by atoms with Gasteiger partial charge in [0, 0.05) is 67.5 Å². The number of aliphatic hydroxyl groups excluding tert-OH is 1. The van der Waals surface area contributed by atoms with Crippen molar-refractivity contribution in [3.63, 3.8) is 0 Å². The van der Waals surface area contributed by atoms with Crippen LogP contribution in [-0.4, -0.2) is 139 Å². The number of likely N-dealkylation sites (N-methyl/N-ethyl adjacent to an activating group) is 1. The standard InChI is InChI=1S/C24H29N3O7.C23H29N5O6S/c1-13(2)19-20-14(3)18(11-25-10-4-5-17(25)12-28)21(26(20)22(19)29)24(31)34-23(30)15-6-8-16(9-7-15)27(32)33;1-12(2)17-18-13(3)16(11-26(4)9-10-35-23(24)25)19(27(18)20(17)29)22(31)34-21(30)14-5-7-15(8-6-14)28(32)33/h6-9,13-14,17,19-20,28H,4-5,10-12H2,1-3H3;5-8,12-13,17-18H,9-11H2,1-4H3,(H3,24,25)/t14-,17-,19+,20+;13-,17+,18+/m00/s1. The number of rotatable bonds is 16. The summed E-state index contributed by atoms with van der Waals surface area (Å²) >= 11 is 1.21. The number of non-ortho nitro benzene ring substituents is 2. The van der Waals surface area contributed by atoms with Crippen molar-refractivity contribution >= 4 is 64.0 Å². The zero-order valence-electron chi connectivity index (χ0n) is 39.5. The number of nitro benzene ring substituents is 2. The molecule has 69 heavy (non-hydrogen) atoms. The van der Waals surface area contributed by atoms with Gasteiger partial charge in [-0.3, -0.25) is 40.1 Å². The van der Waals surface area contributed by atoms with Gasteiger partial charge in [0.15, 0.2) is 5.17 Å². The van der Waals surface area contributed by atoms with E-state index < -0.39 is 33.7 Å². The second-order valence-corrected chi connectivity index (χ2v) is 19.8. The summed E-state index contributed by atoms with van der Waals surface area (Å²) in [4.78, 5) is 105. The fraction of sp³-hybridized carbons (Fsp3) is 0.511. The van der Waals surface area contributed by atoms with Gasteiger partial charge in [-0.1, -0.05) is 53.3 Å². The summed E-state index contributed by atoms with van der Waals surface area (Å²) in [5.41, 5.74) is 6.65. The van der Waals surface area contributed by atoms with Crippen molar-refractivity contribution < 1.29 is 53.2 Å². The van der Waals surface area contributed by atoms with Crippen molar-refractivity contribution in [1.82, 2.24) is 19.6 Å². The molecule has 3 saturated heterocycles. The number of benzene rings is 2. The molecule has 5 heterocycles. The molecule has 5 aliphatic rings. The smallest absolute Gasteiger partial charge is 0.362 e. The summed E-state index contributed by atoms with van der Waals surface area (Å²) < 4.78 is 10.3. The van der Waals surface area contributed by atoms with Gasteiger partial charge in [0.05, 0.1) is 51.5 Å². The van der Waals surface area contributed by atoms with Gasteiger partial charge in [0.2, 0.25) is 11.8 Å². The molecule has 4 N–H and O–H groups in total. The number of thioether (sulfide) groups is 1. The first-order valence-electron chi connectivity index (χ1n) is 22.7. The molecule has 0 radical (unpaired) electrons. The maximum atomic E-state index is 13.2. The van der Waals surface area contributed by atoms with Crippen LogP contribution in [0.1, 0.15) is 75.1 Å². The van der Waals surface area contributed by atoms with Crippen LogP contribution in [0.5, 0.6) is 0 Å². The lowest BCUT2D eigenvalue weighted by Gasteiger charge is -2.47. The molecule has 0 bridgehead atoms. The van der Waals surface area contributed by atoms with Crippen molar-refractivity contribution in [2.75, 3.05) is 45.6 Å². The summed E-state index contributed by atoms with van der Waals surface area (Å²) in [5, 5.41) is 38.8. The fourth-order valence-electron chi connectivity index (χ4n) is 10.1. The molecule has 21 nitrogen and oxygen atoms in total. The topological polar surface area (TPSA) is 290 Å². The van der Waals surface area contributed by atoms with E-state index >= 15 is 0 Å². The number of hydrogen-bond donors (Lipinski definition) is 3. The monoisotopic (exact) mass is 974 g/mol. The maximum absolute atomic E-state index is 13.2. The van der Waals surface area contributed by atoms with E-state index in [2.05, 4.69) is 4.90 Å². The van der Waals surface area contributed by atoms with Crippen molar-refractivity contribution in [3.05, 3.63) is 102 Å². The average Bonchev–Trinajstić information content (AvgIpc) is 3.92. The highest BCUT2D eigenvalue weighted by Gasteiger charge is 2.61. The highest BCUT2D eigenvalue weighted by molar-refractivity contribution is 8.13. The molecule has 2 aromatic rings. The quantitative estimate of drug-likeness (QED) is 0.0401. The van der Waals surface area contributed by atoms with Gasteiger partial charge in [-0.25, -0.2) is 19.2 Å².